The molecule has 0 aliphatic heterocycles. The summed E-state index contributed by atoms with van der Waals surface area (Å²) >= 11 is 0. The summed E-state index contributed by atoms with van der Waals surface area (Å²) in [6.07, 6.45) is 5.18. The highest BCUT2D eigenvalue weighted by atomic mass is 16.5. The molecule has 108 valence electrons. The second kappa shape index (κ2) is 7.46. The zero-order chi connectivity index (χ0) is 13.6. The lowest BCUT2D eigenvalue weighted by molar-refractivity contribution is 0.0231. The number of ether oxygens (including phenoxy) is 1. The van der Waals surface area contributed by atoms with Crippen LogP contribution in [0, 0.1) is 11.8 Å². The van der Waals surface area contributed by atoms with E-state index >= 15 is 0 Å². The van der Waals surface area contributed by atoms with Crippen LogP contribution in [0.2, 0.25) is 0 Å². The third-order valence-corrected chi connectivity index (χ3v) is 4.55. The van der Waals surface area contributed by atoms with E-state index in [1.165, 1.54) is 25.7 Å². The van der Waals surface area contributed by atoms with E-state index in [2.05, 4.69) is 25.7 Å². The van der Waals surface area contributed by atoms with Crippen molar-refractivity contribution in [3.8, 4) is 0 Å². The number of hydrogen-bond acceptors (Lipinski definition) is 3. The maximum absolute atomic E-state index is 6.20. The van der Waals surface area contributed by atoms with E-state index < -0.39 is 0 Å². The number of nitrogens with two attached hydrogens (primary N) is 1. The molecule has 2 unspecified atom stereocenters. The van der Waals surface area contributed by atoms with Crippen LogP contribution in [0.25, 0.3) is 0 Å². The van der Waals surface area contributed by atoms with Gasteiger partial charge in [-0.2, -0.15) is 0 Å². The Labute approximate surface area is 113 Å². The summed E-state index contributed by atoms with van der Waals surface area (Å²) in [4.78, 5) is 2.63. The minimum Gasteiger partial charge on any atom is -0.383 e. The Morgan fingerprint density at radius 3 is 2.67 bits per heavy atom. The van der Waals surface area contributed by atoms with E-state index in [1.54, 1.807) is 7.11 Å². The molecule has 3 heteroatoms. The van der Waals surface area contributed by atoms with Crippen molar-refractivity contribution in [3.63, 3.8) is 0 Å². The van der Waals surface area contributed by atoms with Crippen LogP contribution in [0.1, 0.15) is 46.5 Å². The fourth-order valence-corrected chi connectivity index (χ4v) is 3.66. The van der Waals surface area contributed by atoms with Crippen molar-refractivity contribution in [3.05, 3.63) is 0 Å². The summed E-state index contributed by atoms with van der Waals surface area (Å²) in [5, 5.41) is 0. The molecule has 0 aromatic carbocycles. The van der Waals surface area contributed by atoms with Crippen molar-refractivity contribution in [1.82, 2.24) is 4.90 Å². The van der Waals surface area contributed by atoms with Gasteiger partial charge in [-0.1, -0.05) is 33.6 Å². The van der Waals surface area contributed by atoms with Gasteiger partial charge in [-0.25, -0.2) is 0 Å². The lowest BCUT2D eigenvalue weighted by Crippen LogP contribution is -2.58. The Balaban J connectivity index is 2.83. The van der Waals surface area contributed by atoms with Gasteiger partial charge in [0.05, 0.1) is 6.61 Å². The second-order valence-corrected chi connectivity index (χ2v) is 6.14. The topological polar surface area (TPSA) is 38.5 Å². The van der Waals surface area contributed by atoms with Gasteiger partial charge in [-0.3, -0.25) is 4.90 Å². The summed E-state index contributed by atoms with van der Waals surface area (Å²) < 4.78 is 5.29. The molecule has 0 spiro atoms. The fourth-order valence-electron chi connectivity index (χ4n) is 3.66. The fraction of sp³-hybridized carbons (Fsp3) is 1.00. The molecule has 3 nitrogen and oxygen atoms in total. The minimum atomic E-state index is 0.234. The predicted octanol–water partition coefficient (Wildman–Crippen LogP) is 2.50. The highest BCUT2D eigenvalue weighted by Gasteiger charge is 2.45. The van der Waals surface area contributed by atoms with Gasteiger partial charge < -0.3 is 10.5 Å². The maximum atomic E-state index is 6.20. The molecule has 0 heterocycles. The molecule has 1 aliphatic rings. The molecule has 2 N–H and O–H groups in total. The summed E-state index contributed by atoms with van der Waals surface area (Å²) in [6, 6.07) is 0. The van der Waals surface area contributed by atoms with E-state index in [0.29, 0.717) is 5.92 Å². The highest BCUT2D eigenvalue weighted by molar-refractivity contribution is 5.01. The molecule has 1 rings (SSSR count). The van der Waals surface area contributed by atoms with E-state index in [9.17, 15) is 0 Å². The molecule has 0 aromatic heterocycles. The average molecular weight is 256 g/mol. The minimum absolute atomic E-state index is 0.234. The molecule has 0 amide bonds. The first kappa shape index (κ1) is 15.9. The maximum Gasteiger partial charge on any atom is 0.0589 e. The summed E-state index contributed by atoms with van der Waals surface area (Å²) in [5.41, 5.74) is 6.43. The normalized spacial score (nSPS) is 28.5. The van der Waals surface area contributed by atoms with Gasteiger partial charge in [0.25, 0.3) is 0 Å². The van der Waals surface area contributed by atoms with Crippen LogP contribution in [-0.2, 0) is 4.74 Å². The van der Waals surface area contributed by atoms with E-state index in [1.807, 2.05) is 0 Å². The van der Waals surface area contributed by atoms with Crippen LogP contribution in [0.15, 0.2) is 0 Å². The molecule has 0 aromatic rings. The van der Waals surface area contributed by atoms with Crippen LogP contribution in [0.4, 0.5) is 0 Å². The van der Waals surface area contributed by atoms with Gasteiger partial charge in [0, 0.05) is 32.3 Å². The van der Waals surface area contributed by atoms with Crippen molar-refractivity contribution in [2.24, 2.45) is 17.6 Å². The average Bonchev–Trinajstić information content (AvgIpc) is 2.77. The molecular weight excluding hydrogens is 224 g/mol. The highest BCUT2D eigenvalue weighted by Crippen LogP contribution is 2.41. The summed E-state index contributed by atoms with van der Waals surface area (Å²) in [7, 11) is 1.79. The number of rotatable bonds is 8. The number of hydrogen-bond donors (Lipinski definition) is 1. The van der Waals surface area contributed by atoms with Crippen LogP contribution in [0.5, 0.6) is 0 Å². The van der Waals surface area contributed by atoms with Gasteiger partial charge in [-0.15, -0.1) is 0 Å². The predicted molar refractivity (Wildman–Crippen MR) is 77.7 cm³/mol. The van der Waals surface area contributed by atoms with E-state index in [0.717, 1.165) is 32.2 Å². The quantitative estimate of drug-likeness (QED) is 0.725. The van der Waals surface area contributed by atoms with Gasteiger partial charge in [-0.05, 0) is 24.7 Å². The van der Waals surface area contributed by atoms with Gasteiger partial charge >= 0.3 is 0 Å². The Kier molecular flexibility index (Phi) is 6.61. The van der Waals surface area contributed by atoms with Crippen molar-refractivity contribution in [2.45, 2.75) is 52.0 Å². The molecule has 1 saturated carbocycles. The first-order valence-corrected chi connectivity index (χ1v) is 7.54. The van der Waals surface area contributed by atoms with Crippen LogP contribution < -0.4 is 5.73 Å². The molecule has 2 atom stereocenters. The van der Waals surface area contributed by atoms with E-state index in [4.69, 9.17) is 10.5 Å². The summed E-state index contributed by atoms with van der Waals surface area (Å²) in [5.74, 6) is 1.45. The zero-order valence-corrected chi connectivity index (χ0v) is 12.7. The zero-order valence-electron chi connectivity index (χ0n) is 12.7. The standard InChI is InChI=1S/C15H32N2O/c1-5-14-7-6-8-15(14,12-16)17(9-10-18-4)11-13(2)3/h13-14H,5-12,16H2,1-4H3. The Morgan fingerprint density at radius 1 is 1.44 bits per heavy atom. The van der Waals surface area contributed by atoms with Crippen LogP contribution >= 0.6 is 0 Å². The summed E-state index contributed by atoms with van der Waals surface area (Å²) in [6.45, 7) is 10.6. The molecule has 0 radical (unpaired) electrons. The van der Waals surface area contributed by atoms with Crippen molar-refractivity contribution in [2.75, 3.05) is 33.4 Å². The molecule has 1 fully saturated rings. The third kappa shape index (κ3) is 3.46. The Hall–Kier alpha value is -0.120. The van der Waals surface area contributed by atoms with Crippen molar-refractivity contribution in [1.29, 1.82) is 0 Å². The number of methoxy groups -OCH3 is 1. The van der Waals surface area contributed by atoms with Gasteiger partial charge in [0.15, 0.2) is 0 Å². The second-order valence-electron chi connectivity index (χ2n) is 6.14. The van der Waals surface area contributed by atoms with Crippen LogP contribution in [0.3, 0.4) is 0 Å². The number of nitrogens with zero attached hydrogens (tertiary/aromatic N) is 1. The SMILES string of the molecule is CCC1CCCC1(CN)N(CCOC)CC(C)C. The van der Waals surface area contributed by atoms with Crippen LogP contribution in [-0.4, -0.2) is 43.8 Å². The smallest absolute Gasteiger partial charge is 0.0589 e. The Morgan fingerprint density at radius 2 is 2.17 bits per heavy atom. The lowest BCUT2D eigenvalue weighted by Gasteiger charge is -2.45. The van der Waals surface area contributed by atoms with E-state index in [-0.39, 0.29) is 5.54 Å². The first-order valence-electron chi connectivity index (χ1n) is 7.54. The molecule has 1 aliphatic carbocycles. The largest absolute Gasteiger partial charge is 0.383 e. The molecule has 0 bridgehead atoms. The monoisotopic (exact) mass is 256 g/mol. The first-order chi connectivity index (χ1) is 8.60. The van der Waals surface area contributed by atoms with Crippen molar-refractivity contribution >= 4 is 0 Å². The third-order valence-electron chi connectivity index (χ3n) is 4.55. The molecular formula is C15H32N2O. The Bertz CT molecular complexity index is 233. The van der Waals surface area contributed by atoms with Crippen molar-refractivity contribution < 1.29 is 4.74 Å². The lowest BCUT2D eigenvalue weighted by atomic mass is 9.82. The molecule has 18 heavy (non-hydrogen) atoms. The van der Waals surface area contributed by atoms with Gasteiger partial charge in [0.1, 0.15) is 0 Å². The molecule has 0 saturated heterocycles. The van der Waals surface area contributed by atoms with Gasteiger partial charge in [0.2, 0.25) is 0 Å².